The van der Waals surface area contributed by atoms with Crippen LogP contribution in [0.1, 0.15) is 25.5 Å². The molecular formula is C11H17N3OS2. The fourth-order valence-corrected chi connectivity index (χ4v) is 3.67. The number of amides is 2. The van der Waals surface area contributed by atoms with Crippen LogP contribution >= 0.6 is 23.1 Å². The fraction of sp³-hybridized carbons (Fsp3) is 0.636. The number of hydrogen-bond donors (Lipinski definition) is 2. The molecule has 0 aromatic carbocycles. The van der Waals surface area contributed by atoms with Crippen molar-refractivity contribution in [1.29, 1.82) is 0 Å². The minimum absolute atomic E-state index is 0.144. The number of urea groups is 1. The van der Waals surface area contributed by atoms with Crippen LogP contribution in [-0.2, 0) is 6.42 Å². The van der Waals surface area contributed by atoms with Crippen molar-refractivity contribution in [2.45, 2.75) is 31.4 Å². The fourth-order valence-electron chi connectivity index (χ4n) is 1.68. The Labute approximate surface area is 110 Å². The number of anilines is 1. The van der Waals surface area contributed by atoms with Gasteiger partial charge in [-0.1, -0.05) is 6.92 Å². The standard InChI is InChI=1S/C11H17N3OS2/c1-2-8-7-17-11(13-8)14-10(15)12-6-9-4-3-5-16-9/h7,9H,2-6H2,1H3,(H2,12,13,14,15)/t9-/m0/s1. The second-order valence-corrected chi connectivity index (χ2v) is 6.23. The van der Waals surface area contributed by atoms with Gasteiger partial charge in [0.1, 0.15) is 0 Å². The molecule has 0 aliphatic carbocycles. The normalized spacial score (nSPS) is 19.2. The van der Waals surface area contributed by atoms with Gasteiger partial charge in [0.25, 0.3) is 0 Å². The second-order valence-electron chi connectivity index (χ2n) is 3.97. The van der Waals surface area contributed by atoms with Gasteiger partial charge in [-0.2, -0.15) is 11.8 Å². The molecule has 1 aromatic rings. The number of thiazole rings is 1. The highest BCUT2D eigenvalue weighted by Crippen LogP contribution is 2.25. The Bertz CT molecular complexity index is 375. The van der Waals surface area contributed by atoms with E-state index in [9.17, 15) is 4.79 Å². The summed E-state index contributed by atoms with van der Waals surface area (Å²) in [7, 11) is 0. The van der Waals surface area contributed by atoms with Crippen LogP contribution in [0.2, 0.25) is 0 Å². The highest BCUT2D eigenvalue weighted by Gasteiger charge is 2.16. The van der Waals surface area contributed by atoms with Gasteiger partial charge in [0.2, 0.25) is 0 Å². The van der Waals surface area contributed by atoms with Crippen molar-refractivity contribution in [1.82, 2.24) is 10.3 Å². The van der Waals surface area contributed by atoms with Gasteiger partial charge in [0.05, 0.1) is 5.69 Å². The molecule has 94 valence electrons. The van der Waals surface area contributed by atoms with E-state index in [2.05, 4.69) is 22.5 Å². The molecule has 4 nitrogen and oxygen atoms in total. The summed E-state index contributed by atoms with van der Waals surface area (Å²) in [5.41, 5.74) is 1.02. The molecule has 2 rings (SSSR count). The molecule has 0 saturated carbocycles. The molecule has 0 radical (unpaired) electrons. The largest absolute Gasteiger partial charge is 0.337 e. The van der Waals surface area contributed by atoms with Gasteiger partial charge in [0, 0.05) is 17.2 Å². The van der Waals surface area contributed by atoms with E-state index in [0.29, 0.717) is 10.4 Å². The van der Waals surface area contributed by atoms with Gasteiger partial charge >= 0.3 is 6.03 Å². The minimum atomic E-state index is -0.144. The van der Waals surface area contributed by atoms with Crippen LogP contribution in [0.25, 0.3) is 0 Å². The van der Waals surface area contributed by atoms with Crippen molar-refractivity contribution in [3.05, 3.63) is 11.1 Å². The summed E-state index contributed by atoms with van der Waals surface area (Å²) in [6.45, 7) is 2.80. The third-order valence-corrected chi connectivity index (χ3v) is 4.85. The molecule has 0 bridgehead atoms. The molecular weight excluding hydrogens is 254 g/mol. The summed E-state index contributed by atoms with van der Waals surface area (Å²) in [6, 6.07) is -0.144. The van der Waals surface area contributed by atoms with Gasteiger partial charge in [0.15, 0.2) is 5.13 Å². The predicted molar refractivity (Wildman–Crippen MR) is 74.0 cm³/mol. The van der Waals surface area contributed by atoms with Gasteiger partial charge in [-0.3, -0.25) is 5.32 Å². The Balaban J connectivity index is 1.72. The van der Waals surface area contributed by atoms with E-state index >= 15 is 0 Å². The number of aryl methyl sites for hydroxylation is 1. The van der Waals surface area contributed by atoms with Crippen LogP contribution in [0.4, 0.5) is 9.93 Å². The maximum atomic E-state index is 11.6. The number of nitrogens with one attached hydrogen (secondary N) is 2. The number of nitrogens with zero attached hydrogens (tertiary/aromatic N) is 1. The zero-order chi connectivity index (χ0) is 12.1. The third-order valence-electron chi connectivity index (χ3n) is 2.65. The van der Waals surface area contributed by atoms with Crippen molar-refractivity contribution in [3.63, 3.8) is 0 Å². The van der Waals surface area contributed by atoms with Crippen LogP contribution in [0.15, 0.2) is 5.38 Å². The van der Waals surface area contributed by atoms with Crippen LogP contribution in [0.5, 0.6) is 0 Å². The molecule has 2 heterocycles. The highest BCUT2D eigenvalue weighted by atomic mass is 32.2. The van der Waals surface area contributed by atoms with Crippen molar-refractivity contribution >= 4 is 34.3 Å². The van der Waals surface area contributed by atoms with Crippen molar-refractivity contribution in [2.75, 3.05) is 17.6 Å². The summed E-state index contributed by atoms with van der Waals surface area (Å²) < 4.78 is 0. The number of aromatic nitrogens is 1. The molecule has 1 atom stereocenters. The van der Waals surface area contributed by atoms with Crippen LogP contribution in [0, 0.1) is 0 Å². The first kappa shape index (κ1) is 12.7. The molecule has 1 aliphatic rings. The van der Waals surface area contributed by atoms with Gasteiger partial charge in [-0.15, -0.1) is 11.3 Å². The number of carbonyl (C=O) groups excluding carboxylic acids is 1. The first-order valence-electron chi connectivity index (χ1n) is 5.88. The molecule has 1 saturated heterocycles. The monoisotopic (exact) mass is 271 g/mol. The molecule has 1 aliphatic heterocycles. The molecule has 0 spiro atoms. The zero-order valence-corrected chi connectivity index (χ0v) is 11.5. The topological polar surface area (TPSA) is 54.0 Å². The van der Waals surface area contributed by atoms with E-state index in [1.807, 2.05) is 17.1 Å². The maximum Gasteiger partial charge on any atom is 0.321 e. The van der Waals surface area contributed by atoms with E-state index in [0.717, 1.165) is 18.7 Å². The van der Waals surface area contributed by atoms with Gasteiger partial charge < -0.3 is 5.32 Å². The third kappa shape index (κ3) is 3.89. The number of carbonyl (C=O) groups is 1. The lowest BCUT2D eigenvalue weighted by Gasteiger charge is -2.09. The van der Waals surface area contributed by atoms with E-state index in [1.165, 1.54) is 29.9 Å². The first-order chi connectivity index (χ1) is 8.28. The summed E-state index contributed by atoms with van der Waals surface area (Å²) in [6.07, 6.45) is 3.38. The lowest BCUT2D eigenvalue weighted by molar-refractivity contribution is 0.252. The lowest BCUT2D eigenvalue weighted by atomic mass is 10.2. The van der Waals surface area contributed by atoms with E-state index < -0.39 is 0 Å². The molecule has 2 amide bonds. The molecule has 1 fully saturated rings. The smallest absolute Gasteiger partial charge is 0.321 e. The average Bonchev–Trinajstić information content (AvgIpc) is 2.97. The second kappa shape index (κ2) is 6.26. The van der Waals surface area contributed by atoms with E-state index in [4.69, 9.17) is 0 Å². The summed E-state index contributed by atoms with van der Waals surface area (Å²) in [4.78, 5) is 15.9. The Hall–Kier alpha value is -0.750. The maximum absolute atomic E-state index is 11.6. The summed E-state index contributed by atoms with van der Waals surface area (Å²) in [5, 5.41) is 8.90. The first-order valence-corrected chi connectivity index (χ1v) is 7.81. The summed E-state index contributed by atoms with van der Waals surface area (Å²) >= 11 is 3.42. The Morgan fingerprint density at radius 1 is 1.65 bits per heavy atom. The molecule has 17 heavy (non-hydrogen) atoms. The van der Waals surface area contributed by atoms with Gasteiger partial charge in [-0.25, -0.2) is 9.78 Å². The Morgan fingerprint density at radius 3 is 3.18 bits per heavy atom. The Morgan fingerprint density at radius 2 is 2.53 bits per heavy atom. The van der Waals surface area contributed by atoms with E-state index in [1.54, 1.807) is 0 Å². The minimum Gasteiger partial charge on any atom is -0.337 e. The molecule has 1 aromatic heterocycles. The van der Waals surface area contributed by atoms with Crippen molar-refractivity contribution < 1.29 is 4.79 Å². The van der Waals surface area contributed by atoms with Gasteiger partial charge in [-0.05, 0) is 25.0 Å². The van der Waals surface area contributed by atoms with E-state index in [-0.39, 0.29) is 6.03 Å². The summed E-state index contributed by atoms with van der Waals surface area (Å²) in [5.74, 6) is 1.22. The van der Waals surface area contributed by atoms with Crippen LogP contribution in [0.3, 0.4) is 0 Å². The quantitative estimate of drug-likeness (QED) is 0.885. The average molecular weight is 271 g/mol. The molecule has 0 unspecified atom stereocenters. The highest BCUT2D eigenvalue weighted by molar-refractivity contribution is 8.00. The number of rotatable bonds is 4. The van der Waals surface area contributed by atoms with Crippen molar-refractivity contribution in [2.24, 2.45) is 0 Å². The van der Waals surface area contributed by atoms with Crippen molar-refractivity contribution in [3.8, 4) is 0 Å². The number of thioether (sulfide) groups is 1. The molecule has 6 heteroatoms. The predicted octanol–water partition coefficient (Wildman–Crippen LogP) is 2.72. The number of hydrogen-bond acceptors (Lipinski definition) is 4. The Kier molecular flexibility index (Phi) is 4.67. The zero-order valence-electron chi connectivity index (χ0n) is 9.86. The van der Waals surface area contributed by atoms with Crippen LogP contribution in [-0.4, -0.2) is 28.6 Å². The lowest BCUT2D eigenvalue weighted by Crippen LogP contribution is -2.33. The van der Waals surface area contributed by atoms with Crippen LogP contribution < -0.4 is 10.6 Å². The molecule has 2 N–H and O–H groups in total. The SMILES string of the molecule is CCc1csc(NC(=O)NC[C@@H]2CCCS2)n1.